The van der Waals surface area contributed by atoms with Gasteiger partial charge in [-0.2, -0.15) is 16.8 Å². The Morgan fingerprint density at radius 2 is 1.55 bits per heavy atom. The van der Waals surface area contributed by atoms with Crippen molar-refractivity contribution in [3.63, 3.8) is 0 Å². The molecule has 0 saturated carbocycles. The van der Waals surface area contributed by atoms with Crippen LogP contribution in [0.4, 0.5) is 0 Å². The highest BCUT2D eigenvalue weighted by Gasteiger charge is 2.20. The number of hydrogen-bond acceptors (Lipinski definition) is 7. The monoisotopic (exact) mass is 326 g/mol. The fraction of sp³-hybridized carbons (Fsp3) is 0.333. The Morgan fingerprint density at radius 3 is 2.05 bits per heavy atom. The number of nitrogens with two attached hydrogens (primary N) is 2. The van der Waals surface area contributed by atoms with Gasteiger partial charge < -0.3 is 4.74 Å². The van der Waals surface area contributed by atoms with Crippen molar-refractivity contribution < 1.29 is 29.9 Å². The van der Waals surface area contributed by atoms with Gasteiger partial charge in [0.1, 0.15) is 18.5 Å². The van der Waals surface area contributed by atoms with E-state index in [4.69, 9.17) is 9.88 Å². The zero-order valence-electron chi connectivity index (χ0n) is 10.2. The van der Waals surface area contributed by atoms with E-state index in [0.717, 1.165) is 0 Å². The summed E-state index contributed by atoms with van der Waals surface area (Å²) in [5.74, 6) is 0.436. The van der Waals surface area contributed by atoms with Crippen LogP contribution in [0.2, 0.25) is 0 Å². The Morgan fingerprint density at radius 1 is 0.950 bits per heavy atom. The second kappa shape index (κ2) is 6.97. The highest BCUT2D eigenvalue weighted by atomic mass is 32.2. The SMILES string of the molecule is NS(=O)(=O)OCC(COc1ccccc1)OS(N)(=O)=O. The molecule has 1 aromatic carbocycles. The Kier molecular flexibility index (Phi) is 5.86. The summed E-state index contributed by atoms with van der Waals surface area (Å²) >= 11 is 0. The normalized spacial score (nSPS) is 13.9. The molecule has 0 aliphatic rings. The molecular weight excluding hydrogens is 312 g/mol. The van der Waals surface area contributed by atoms with Crippen LogP contribution < -0.4 is 15.0 Å². The maximum absolute atomic E-state index is 10.8. The van der Waals surface area contributed by atoms with E-state index < -0.39 is 33.3 Å². The minimum atomic E-state index is -4.29. The second-order valence-corrected chi connectivity index (χ2v) is 6.01. The molecule has 0 aromatic heterocycles. The van der Waals surface area contributed by atoms with Crippen LogP contribution in [0.3, 0.4) is 0 Å². The van der Waals surface area contributed by atoms with Gasteiger partial charge in [-0.1, -0.05) is 18.2 Å². The van der Waals surface area contributed by atoms with E-state index in [2.05, 4.69) is 13.5 Å². The fourth-order valence-electron chi connectivity index (χ4n) is 1.17. The van der Waals surface area contributed by atoms with Crippen molar-refractivity contribution in [3.05, 3.63) is 30.3 Å². The van der Waals surface area contributed by atoms with Crippen LogP contribution in [0.25, 0.3) is 0 Å². The molecule has 1 atom stereocenters. The number of benzene rings is 1. The molecule has 9 nitrogen and oxygen atoms in total. The Labute approximate surface area is 116 Å². The van der Waals surface area contributed by atoms with Crippen LogP contribution >= 0.6 is 0 Å². The van der Waals surface area contributed by atoms with Gasteiger partial charge in [0.25, 0.3) is 0 Å². The van der Waals surface area contributed by atoms with Gasteiger partial charge >= 0.3 is 20.6 Å². The van der Waals surface area contributed by atoms with Crippen LogP contribution in [-0.2, 0) is 29.0 Å². The molecular formula is C9H14N2O7S2. The Bertz CT molecular complexity index is 615. The molecule has 0 aliphatic carbocycles. The molecule has 1 rings (SSSR count). The first-order valence-corrected chi connectivity index (χ1v) is 8.16. The number of hydrogen-bond donors (Lipinski definition) is 2. The van der Waals surface area contributed by atoms with Crippen LogP contribution in [-0.4, -0.2) is 36.2 Å². The minimum absolute atomic E-state index is 0.296. The Balaban J connectivity index is 2.62. The van der Waals surface area contributed by atoms with E-state index in [0.29, 0.717) is 5.75 Å². The number of ether oxygens (including phenoxy) is 1. The summed E-state index contributed by atoms with van der Waals surface area (Å²) < 4.78 is 56.9. The van der Waals surface area contributed by atoms with Crippen molar-refractivity contribution in [2.75, 3.05) is 13.2 Å². The molecule has 11 heteroatoms. The van der Waals surface area contributed by atoms with Gasteiger partial charge in [-0.3, -0.25) is 4.18 Å². The maximum atomic E-state index is 10.8. The maximum Gasteiger partial charge on any atom is 0.333 e. The molecule has 114 valence electrons. The van der Waals surface area contributed by atoms with Crippen LogP contribution in [0.15, 0.2) is 30.3 Å². The first-order valence-electron chi connectivity index (χ1n) is 5.22. The summed E-state index contributed by atoms with van der Waals surface area (Å²) in [6.07, 6.45) is -1.26. The largest absolute Gasteiger partial charge is 0.491 e. The molecule has 0 saturated heterocycles. The third-order valence-electron chi connectivity index (χ3n) is 1.87. The highest BCUT2D eigenvalue weighted by molar-refractivity contribution is 7.84. The molecule has 1 aromatic rings. The second-order valence-electron chi connectivity index (χ2n) is 3.61. The smallest absolute Gasteiger partial charge is 0.333 e. The lowest BCUT2D eigenvalue weighted by atomic mass is 10.3. The van der Waals surface area contributed by atoms with E-state index in [1.165, 1.54) is 0 Å². The topological polar surface area (TPSA) is 148 Å². The van der Waals surface area contributed by atoms with E-state index >= 15 is 0 Å². The lowest BCUT2D eigenvalue weighted by molar-refractivity contribution is 0.0885. The quantitative estimate of drug-likeness (QED) is 0.614. The van der Waals surface area contributed by atoms with Crippen molar-refractivity contribution in [2.24, 2.45) is 10.3 Å². The van der Waals surface area contributed by atoms with Crippen molar-refractivity contribution in [3.8, 4) is 5.75 Å². The molecule has 0 heterocycles. The summed E-state index contributed by atoms with van der Waals surface area (Å²) in [5.41, 5.74) is 0. The third-order valence-corrected chi connectivity index (χ3v) is 2.87. The molecule has 0 spiro atoms. The zero-order chi connectivity index (χ0) is 15.2. The molecule has 20 heavy (non-hydrogen) atoms. The van der Waals surface area contributed by atoms with E-state index in [1.807, 2.05) is 0 Å². The number of para-hydroxylation sites is 1. The standard InChI is InChI=1S/C9H14N2O7S2/c10-19(12,13)17-7-9(18-20(11,14)15)6-16-8-4-2-1-3-5-8/h1-5,9H,6-7H2,(H2,10,12,13)(H2,11,14,15). The van der Waals surface area contributed by atoms with Crippen molar-refractivity contribution in [1.82, 2.24) is 0 Å². The fourth-order valence-corrected chi connectivity index (χ4v) is 2.00. The molecule has 0 bridgehead atoms. The van der Waals surface area contributed by atoms with Gasteiger partial charge in [-0.15, -0.1) is 0 Å². The first-order chi connectivity index (χ1) is 9.16. The average Bonchev–Trinajstić information content (AvgIpc) is 2.31. The van der Waals surface area contributed by atoms with Crippen LogP contribution in [0.5, 0.6) is 5.75 Å². The molecule has 0 aliphatic heterocycles. The van der Waals surface area contributed by atoms with Crippen LogP contribution in [0.1, 0.15) is 0 Å². The summed E-state index contributed by atoms with van der Waals surface area (Å²) in [7, 11) is -8.52. The lowest BCUT2D eigenvalue weighted by Gasteiger charge is -2.16. The van der Waals surface area contributed by atoms with Gasteiger partial charge in [0, 0.05) is 0 Å². The van der Waals surface area contributed by atoms with E-state index in [-0.39, 0.29) is 6.61 Å². The van der Waals surface area contributed by atoms with E-state index in [9.17, 15) is 16.8 Å². The molecule has 0 amide bonds. The van der Waals surface area contributed by atoms with E-state index in [1.54, 1.807) is 30.3 Å². The Hall–Kier alpha value is -1.24. The summed E-state index contributed by atoms with van der Waals surface area (Å²) in [4.78, 5) is 0. The molecule has 0 fully saturated rings. The van der Waals surface area contributed by atoms with Gasteiger partial charge in [0.05, 0.1) is 6.61 Å². The van der Waals surface area contributed by atoms with Crippen molar-refractivity contribution >= 4 is 20.6 Å². The summed E-state index contributed by atoms with van der Waals surface area (Å²) in [6, 6.07) is 8.40. The average molecular weight is 326 g/mol. The third kappa shape index (κ3) is 8.04. The predicted octanol–water partition coefficient (Wildman–Crippen LogP) is -1.13. The summed E-state index contributed by atoms with van der Waals surface area (Å²) in [5, 5.41) is 9.33. The number of rotatable bonds is 8. The van der Waals surface area contributed by atoms with Crippen molar-refractivity contribution in [1.29, 1.82) is 0 Å². The van der Waals surface area contributed by atoms with Gasteiger partial charge in [0.15, 0.2) is 0 Å². The minimum Gasteiger partial charge on any atom is -0.491 e. The van der Waals surface area contributed by atoms with Crippen LogP contribution in [0, 0.1) is 0 Å². The molecule has 1 unspecified atom stereocenters. The molecule has 4 N–H and O–H groups in total. The molecule has 0 radical (unpaired) electrons. The van der Waals surface area contributed by atoms with Gasteiger partial charge in [0.2, 0.25) is 0 Å². The summed E-state index contributed by atoms with van der Waals surface area (Å²) in [6.45, 7) is -0.946. The predicted molar refractivity (Wildman–Crippen MR) is 69.0 cm³/mol. The van der Waals surface area contributed by atoms with Crippen molar-refractivity contribution in [2.45, 2.75) is 6.10 Å². The zero-order valence-corrected chi connectivity index (χ0v) is 11.8. The highest BCUT2D eigenvalue weighted by Crippen LogP contribution is 2.10. The first kappa shape index (κ1) is 16.8. The van der Waals surface area contributed by atoms with Gasteiger partial charge in [-0.25, -0.2) is 14.5 Å². The lowest BCUT2D eigenvalue weighted by Crippen LogP contribution is -2.34. The van der Waals surface area contributed by atoms with Gasteiger partial charge in [-0.05, 0) is 12.1 Å².